The van der Waals surface area contributed by atoms with E-state index in [1.54, 1.807) is 0 Å². The lowest BCUT2D eigenvalue weighted by atomic mass is 9.97. The fraction of sp³-hybridized carbons (Fsp3) is 0.421. The standard InChI is InChI=1S/C19H25N5O2/c1-26-19(25)15-8-11-24(12-9-15)18-16(20)17(22-13-23-18)21-10-7-14-5-3-2-4-6-14/h2-6,13,15H,7-12,20H2,1H3,(H,21,22,23). The highest BCUT2D eigenvalue weighted by atomic mass is 16.5. The second-order valence-electron chi connectivity index (χ2n) is 6.41. The SMILES string of the molecule is COC(=O)C1CCN(c2ncnc(NCCc3ccccc3)c2N)CC1. The summed E-state index contributed by atoms with van der Waals surface area (Å²) in [4.78, 5) is 22.4. The number of carbonyl (C=O) groups excluding carboxylic acids is 1. The fourth-order valence-electron chi connectivity index (χ4n) is 3.24. The fourth-order valence-corrected chi connectivity index (χ4v) is 3.24. The zero-order valence-electron chi connectivity index (χ0n) is 15.0. The van der Waals surface area contributed by atoms with E-state index in [9.17, 15) is 4.79 Å². The topological polar surface area (TPSA) is 93.4 Å². The number of nitrogen functional groups attached to an aromatic ring is 1. The molecule has 2 aromatic rings. The third kappa shape index (κ3) is 4.22. The minimum atomic E-state index is -0.136. The maximum atomic E-state index is 11.7. The maximum Gasteiger partial charge on any atom is 0.308 e. The Morgan fingerprint density at radius 3 is 2.69 bits per heavy atom. The largest absolute Gasteiger partial charge is 0.469 e. The van der Waals surface area contributed by atoms with Gasteiger partial charge in [0.1, 0.15) is 12.0 Å². The number of hydrogen-bond donors (Lipinski definition) is 2. The number of nitrogens with one attached hydrogen (secondary N) is 1. The zero-order chi connectivity index (χ0) is 18.4. The molecular formula is C19H25N5O2. The van der Waals surface area contributed by atoms with Crippen LogP contribution in [0.25, 0.3) is 0 Å². The van der Waals surface area contributed by atoms with Crippen molar-refractivity contribution in [2.75, 3.05) is 42.7 Å². The molecule has 26 heavy (non-hydrogen) atoms. The summed E-state index contributed by atoms with van der Waals surface area (Å²) in [7, 11) is 1.44. The highest BCUT2D eigenvalue weighted by Gasteiger charge is 2.27. The van der Waals surface area contributed by atoms with E-state index in [1.165, 1.54) is 19.0 Å². The van der Waals surface area contributed by atoms with Crippen molar-refractivity contribution in [3.05, 3.63) is 42.2 Å². The molecule has 1 aromatic heterocycles. The predicted molar refractivity (Wildman–Crippen MR) is 102 cm³/mol. The second-order valence-corrected chi connectivity index (χ2v) is 6.41. The number of ether oxygens (including phenoxy) is 1. The number of anilines is 3. The summed E-state index contributed by atoms with van der Waals surface area (Å²) in [6, 6.07) is 10.3. The summed E-state index contributed by atoms with van der Waals surface area (Å²) in [5, 5.41) is 3.30. The van der Waals surface area contributed by atoms with Crippen LogP contribution in [-0.2, 0) is 16.0 Å². The van der Waals surface area contributed by atoms with Crippen LogP contribution in [0.5, 0.6) is 0 Å². The van der Waals surface area contributed by atoms with E-state index >= 15 is 0 Å². The molecule has 7 nitrogen and oxygen atoms in total. The first-order valence-corrected chi connectivity index (χ1v) is 8.90. The summed E-state index contributed by atoms with van der Waals surface area (Å²) in [5.74, 6) is 1.21. The highest BCUT2D eigenvalue weighted by Crippen LogP contribution is 2.29. The van der Waals surface area contributed by atoms with Crippen molar-refractivity contribution in [2.24, 2.45) is 5.92 Å². The average Bonchev–Trinajstić information content (AvgIpc) is 2.70. The van der Waals surface area contributed by atoms with E-state index in [2.05, 4.69) is 32.3 Å². The predicted octanol–water partition coefficient (Wildman–Crippen LogP) is 2.10. The molecule has 0 aliphatic carbocycles. The molecule has 3 rings (SSSR count). The van der Waals surface area contributed by atoms with Crippen molar-refractivity contribution in [1.82, 2.24) is 9.97 Å². The molecule has 1 saturated heterocycles. The maximum absolute atomic E-state index is 11.7. The van der Waals surface area contributed by atoms with Gasteiger partial charge in [0.05, 0.1) is 13.0 Å². The quantitative estimate of drug-likeness (QED) is 0.767. The van der Waals surface area contributed by atoms with Crippen LogP contribution in [0.1, 0.15) is 18.4 Å². The normalized spacial score (nSPS) is 14.9. The number of esters is 1. The van der Waals surface area contributed by atoms with Gasteiger partial charge < -0.3 is 20.7 Å². The molecule has 1 fully saturated rings. The second kappa shape index (κ2) is 8.51. The molecule has 7 heteroatoms. The third-order valence-corrected chi connectivity index (χ3v) is 4.74. The first kappa shape index (κ1) is 18.0. The van der Waals surface area contributed by atoms with Gasteiger partial charge in [-0.1, -0.05) is 30.3 Å². The summed E-state index contributed by atoms with van der Waals surface area (Å²) < 4.78 is 4.84. The summed E-state index contributed by atoms with van der Waals surface area (Å²) in [6.07, 6.45) is 3.91. The van der Waals surface area contributed by atoms with Crippen molar-refractivity contribution >= 4 is 23.3 Å². The van der Waals surface area contributed by atoms with Gasteiger partial charge in [0.15, 0.2) is 11.6 Å². The van der Waals surface area contributed by atoms with Crippen LogP contribution in [0.15, 0.2) is 36.7 Å². The Bertz CT molecular complexity index is 730. The van der Waals surface area contributed by atoms with E-state index < -0.39 is 0 Å². The van der Waals surface area contributed by atoms with Crippen LogP contribution < -0.4 is 16.0 Å². The molecule has 0 spiro atoms. The van der Waals surface area contributed by atoms with E-state index in [4.69, 9.17) is 10.5 Å². The van der Waals surface area contributed by atoms with Gasteiger partial charge in [-0.25, -0.2) is 9.97 Å². The van der Waals surface area contributed by atoms with E-state index in [-0.39, 0.29) is 11.9 Å². The van der Waals surface area contributed by atoms with Gasteiger partial charge in [0.2, 0.25) is 0 Å². The molecule has 1 aliphatic heterocycles. The highest BCUT2D eigenvalue weighted by molar-refractivity contribution is 5.76. The minimum Gasteiger partial charge on any atom is -0.469 e. The number of nitrogens with zero attached hydrogens (tertiary/aromatic N) is 3. The van der Waals surface area contributed by atoms with Crippen LogP contribution in [0.4, 0.5) is 17.3 Å². The number of benzene rings is 1. The molecule has 0 saturated carbocycles. The van der Waals surface area contributed by atoms with Gasteiger partial charge in [-0.15, -0.1) is 0 Å². The Hall–Kier alpha value is -2.83. The number of methoxy groups -OCH3 is 1. The monoisotopic (exact) mass is 355 g/mol. The van der Waals surface area contributed by atoms with E-state index in [1.807, 2.05) is 18.2 Å². The van der Waals surface area contributed by atoms with Gasteiger partial charge in [-0.2, -0.15) is 0 Å². The molecule has 0 amide bonds. The third-order valence-electron chi connectivity index (χ3n) is 4.74. The molecule has 1 aliphatic rings. The summed E-state index contributed by atoms with van der Waals surface area (Å²) >= 11 is 0. The van der Waals surface area contributed by atoms with Crippen LogP contribution in [0, 0.1) is 5.92 Å². The zero-order valence-corrected chi connectivity index (χ0v) is 15.0. The number of rotatable bonds is 6. The van der Waals surface area contributed by atoms with Gasteiger partial charge in [0, 0.05) is 19.6 Å². The summed E-state index contributed by atoms with van der Waals surface area (Å²) in [5.41, 5.74) is 8.11. The van der Waals surface area contributed by atoms with Crippen molar-refractivity contribution < 1.29 is 9.53 Å². The number of nitrogens with two attached hydrogens (primary N) is 1. The Balaban J connectivity index is 1.60. The minimum absolute atomic E-state index is 0.0391. The number of carbonyl (C=O) groups is 1. The number of piperidine rings is 1. The molecule has 3 N–H and O–H groups in total. The lowest BCUT2D eigenvalue weighted by Gasteiger charge is -2.32. The van der Waals surface area contributed by atoms with Gasteiger partial charge in [0.25, 0.3) is 0 Å². The first-order valence-electron chi connectivity index (χ1n) is 8.90. The van der Waals surface area contributed by atoms with Crippen molar-refractivity contribution in [2.45, 2.75) is 19.3 Å². The molecule has 138 valence electrons. The van der Waals surface area contributed by atoms with Gasteiger partial charge in [-0.05, 0) is 24.8 Å². The first-order chi connectivity index (χ1) is 12.7. The lowest BCUT2D eigenvalue weighted by Crippen LogP contribution is -2.37. The van der Waals surface area contributed by atoms with Crippen LogP contribution in [-0.4, -0.2) is 42.7 Å². The van der Waals surface area contributed by atoms with Crippen LogP contribution in [0.3, 0.4) is 0 Å². The molecule has 2 heterocycles. The lowest BCUT2D eigenvalue weighted by molar-refractivity contribution is -0.146. The van der Waals surface area contributed by atoms with Gasteiger partial charge >= 0.3 is 5.97 Å². The Morgan fingerprint density at radius 2 is 2.00 bits per heavy atom. The average molecular weight is 355 g/mol. The molecule has 0 bridgehead atoms. The van der Waals surface area contributed by atoms with Crippen molar-refractivity contribution in [3.8, 4) is 0 Å². The van der Waals surface area contributed by atoms with Crippen molar-refractivity contribution in [1.29, 1.82) is 0 Å². The Kier molecular flexibility index (Phi) is 5.88. The number of hydrogen-bond acceptors (Lipinski definition) is 7. The van der Waals surface area contributed by atoms with E-state index in [0.717, 1.165) is 44.7 Å². The molecule has 0 radical (unpaired) electrons. The molecule has 0 atom stereocenters. The van der Waals surface area contributed by atoms with Gasteiger partial charge in [-0.3, -0.25) is 4.79 Å². The number of aromatic nitrogens is 2. The molecule has 0 unspecified atom stereocenters. The smallest absolute Gasteiger partial charge is 0.308 e. The summed E-state index contributed by atoms with van der Waals surface area (Å²) in [6.45, 7) is 2.20. The van der Waals surface area contributed by atoms with E-state index in [0.29, 0.717) is 11.5 Å². The van der Waals surface area contributed by atoms with Crippen LogP contribution in [0.2, 0.25) is 0 Å². The Labute approximate surface area is 153 Å². The molecule has 1 aromatic carbocycles. The molecular weight excluding hydrogens is 330 g/mol. The van der Waals surface area contributed by atoms with Crippen LogP contribution >= 0.6 is 0 Å². The Morgan fingerprint density at radius 1 is 1.27 bits per heavy atom. The van der Waals surface area contributed by atoms with Crippen molar-refractivity contribution in [3.63, 3.8) is 0 Å².